The molecule has 0 radical (unpaired) electrons. The summed E-state index contributed by atoms with van der Waals surface area (Å²) in [4.78, 5) is 0.124. The number of anilines is 1. The molecule has 1 fully saturated rings. The number of hydrogen-bond acceptors (Lipinski definition) is 8. The van der Waals surface area contributed by atoms with Gasteiger partial charge in [-0.15, -0.1) is 10.2 Å². The summed E-state index contributed by atoms with van der Waals surface area (Å²) in [5, 5.41) is 25.1. The van der Waals surface area contributed by atoms with Gasteiger partial charge in [-0.2, -0.15) is 14.8 Å². The number of nitrogens with zero attached hydrogens (tertiary/aromatic N) is 5. The van der Waals surface area contributed by atoms with Gasteiger partial charge >= 0.3 is 0 Å². The van der Waals surface area contributed by atoms with Crippen LogP contribution in [0.15, 0.2) is 35.4 Å². The average Bonchev–Trinajstić information content (AvgIpc) is 3.18. The minimum Gasteiger partial charge on any atom is -0.379 e. The standard InChI is InChI=1S/C14H15N7O3S/c15-9-11(14-17-19-20-18-14)10-16-12-3-1-2-4-13(12)25(22,23)21-5-7-24-8-6-21/h1-4,10,16H,5-8H2,(H,17,18,19,20). The van der Waals surface area contributed by atoms with Gasteiger partial charge in [0, 0.05) is 19.3 Å². The van der Waals surface area contributed by atoms with E-state index >= 15 is 0 Å². The van der Waals surface area contributed by atoms with Crippen LogP contribution in [0.4, 0.5) is 5.69 Å². The number of H-pyrrole nitrogens is 1. The van der Waals surface area contributed by atoms with Crippen molar-refractivity contribution in [3.63, 3.8) is 0 Å². The van der Waals surface area contributed by atoms with E-state index < -0.39 is 10.0 Å². The molecule has 2 N–H and O–H groups in total. The van der Waals surface area contributed by atoms with Gasteiger partial charge < -0.3 is 10.1 Å². The Morgan fingerprint density at radius 3 is 2.80 bits per heavy atom. The molecule has 2 aromatic rings. The first-order chi connectivity index (χ1) is 12.1. The number of tetrazole rings is 1. The molecule has 0 aliphatic carbocycles. The summed E-state index contributed by atoms with van der Waals surface area (Å²) in [7, 11) is -3.67. The lowest BCUT2D eigenvalue weighted by Gasteiger charge is -2.26. The quantitative estimate of drug-likeness (QED) is 0.720. The van der Waals surface area contributed by atoms with Crippen molar-refractivity contribution in [2.24, 2.45) is 0 Å². The minimum absolute atomic E-state index is 0.114. The molecular weight excluding hydrogens is 346 g/mol. The highest BCUT2D eigenvalue weighted by atomic mass is 32.2. The Balaban J connectivity index is 1.90. The predicted octanol–water partition coefficient (Wildman–Crippen LogP) is 0.197. The Kier molecular flexibility index (Phi) is 5.03. The number of para-hydroxylation sites is 1. The van der Waals surface area contributed by atoms with Crippen molar-refractivity contribution >= 4 is 21.3 Å². The van der Waals surface area contributed by atoms with Crippen LogP contribution >= 0.6 is 0 Å². The van der Waals surface area contributed by atoms with Crippen molar-refractivity contribution in [3.05, 3.63) is 36.3 Å². The maximum Gasteiger partial charge on any atom is 0.245 e. The number of sulfonamides is 1. The third-order valence-corrected chi connectivity index (χ3v) is 5.51. The van der Waals surface area contributed by atoms with Crippen LogP contribution in [0.25, 0.3) is 5.57 Å². The fourth-order valence-corrected chi connectivity index (χ4v) is 3.87. The second kappa shape index (κ2) is 7.39. The molecule has 3 rings (SSSR count). The van der Waals surface area contributed by atoms with Gasteiger partial charge in [0.2, 0.25) is 15.8 Å². The van der Waals surface area contributed by atoms with Gasteiger partial charge in [0.25, 0.3) is 0 Å². The minimum atomic E-state index is -3.67. The van der Waals surface area contributed by atoms with Gasteiger partial charge in [-0.1, -0.05) is 12.1 Å². The zero-order valence-electron chi connectivity index (χ0n) is 13.1. The molecule has 1 saturated heterocycles. The number of morpholine rings is 1. The van der Waals surface area contributed by atoms with Crippen LogP contribution in [0.2, 0.25) is 0 Å². The van der Waals surface area contributed by atoms with Crippen LogP contribution in [0.1, 0.15) is 5.82 Å². The Hall–Kier alpha value is -2.81. The SMILES string of the molecule is N#CC(=CNc1ccccc1S(=O)(=O)N1CCOCC1)c1nn[nH]n1. The smallest absolute Gasteiger partial charge is 0.245 e. The van der Waals surface area contributed by atoms with Crippen LogP contribution < -0.4 is 5.32 Å². The first-order valence-electron chi connectivity index (χ1n) is 7.40. The van der Waals surface area contributed by atoms with Gasteiger partial charge in [0.05, 0.1) is 18.9 Å². The summed E-state index contributed by atoms with van der Waals surface area (Å²) >= 11 is 0. The fourth-order valence-electron chi connectivity index (χ4n) is 2.31. The Morgan fingerprint density at radius 1 is 1.36 bits per heavy atom. The molecule has 1 aromatic carbocycles. The van der Waals surface area contributed by atoms with E-state index in [1.54, 1.807) is 18.2 Å². The van der Waals surface area contributed by atoms with Gasteiger partial charge in [-0.05, 0) is 17.3 Å². The number of allylic oxidation sites excluding steroid dienone is 1. The number of aromatic nitrogens is 4. The van der Waals surface area contributed by atoms with Crippen molar-refractivity contribution in [2.75, 3.05) is 31.6 Å². The lowest BCUT2D eigenvalue weighted by molar-refractivity contribution is 0.0730. The van der Waals surface area contributed by atoms with E-state index in [1.807, 2.05) is 6.07 Å². The Labute approximate surface area is 144 Å². The van der Waals surface area contributed by atoms with Crippen molar-refractivity contribution in [2.45, 2.75) is 4.90 Å². The molecule has 0 bridgehead atoms. The van der Waals surface area contributed by atoms with E-state index in [2.05, 4.69) is 25.9 Å². The van der Waals surface area contributed by atoms with Crippen molar-refractivity contribution in [1.82, 2.24) is 24.9 Å². The van der Waals surface area contributed by atoms with Crippen molar-refractivity contribution in [3.8, 4) is 6.07 Å². The van der Waals surface area contributed by atoms with Crippen LogP contribution in [0.5, 0.6) is 0 Å². The van der Waals surface area contributed by atoms with E-state index in [0.29, 0.717) is 32.0 Å². The second-order valence-electron chi connectivity index (χ2n) is 5.06. The maximum absolute atomic E-state index is 12.9. The molecule has 10 nitrogen and oxygen atoms in total. The topological polar surface area (TPSA) is 137 Å². The highest BCUT2D eigenvalue weighted by molar-refractivity contribution is 7.89. The normalized spacial score (nSPS) is 16.4. The summed E-state index contributed by atoms with van der Waals surface area (Å²) in [5.41, 5.74) is 0.470. The molecule has 0 amide bonds. The van der Waals surface area contributed by atoms with Crippen LogP contribution in [0.3, 0.4) is 0 Å². The third kappa shape index (κ3) is 3.66. The second-order valence-corrected chi connectivity index (χ2v) is 6.97. The molecule has 11 heteroatoms. The highest BCUT2D eigenvalue weighted by Gasteiger charge is 2.28. The average molecular weight is 361 g/mol. The molecular formula is C14H15N7O3S. The monoisotopic (exact) mass is 361 g/mol. The van der Waals surface area contributed by atoms with Crippen molar-refractivity contribution < 1.29 is 13.2 Å². The lowest BCUT2D eigenvalue weighted by atomic mass is 10.3. The van der Waals surface area contributed by atoms with E-state index in [0.717, 1.165) is 0 Å². The highest BCUT2D eigenvalue weighted by Crippen LogP contribution is 2.25. The number of rotatable bonds is 5. The number of nitriles is 1. The molecule has 0 atom stereocenters. The van der Waals surface area contributed by atoms with E-state index in [4.69, 9.17) is 4.74 Å². The molecule has 1 aromatic heterocycles. The number of benzene rings is 1. The molecule has 25 heavy (non-hydrogen) atoms. The zero-order valence-corrected chi connectivity index (χ0v) is 13.9. The zero-order chi connectivity index (χ0) is 17.7. The van der Waals surface area contributed by atoms with Crippen LogP contribution in [0, 0.1) is 11.3 Å². The van der Waals surface area contributed by atoms with E-state index in [9.17, 15) is 13.7 Å². The summed E-state index contributed by atoms with van der Waals surface area (Å²) < 4.78 is 32.3. The Bertz CT molecular complexity index is 897. The van der Waals surface area contributed by atoms with Gasteiger partial charge in [-0.25, -0.2) is 8.42 Å². The number of hydrogen-bond donors (Lipinski definition) is 2. The Morgan fingerprint density at radius 2 is 2.12 bits per heavy atom. The number of ether oxygens (including phenoxy) is 1. The first kappa shape index (κ1) is 17.0. The predicted molar refractivity (Wildman–Crippen MR) is 87.4 cm³/mol. The summed E-state index contributed by atoms with van der Waals surface area (Å²) in [6, 6.07) is 8.42. The van der Waals surface area contributed by atoms with Gasteiger partial charge in [-0.3, -0.25) is 0 Å². The molecule has 0 unspecified atom stereocenters. The number of aromatic amines is 1. The molecule has 1 aliphatic heterocycles. The summed E-state index contributed by atoms with van der Waals surface area (Å²) in [6.45, 7) is 1.34. The molecule has 2 heterocycles. The van der Waals surface area contributed by atoms with E-state index in [1.165, 1.54) is 16.6 Å². The van der Waals surface area contributed by atoms with Crippen LogP contribution in [-0.2, 0) is 14.8 Å². The molecule has 0 spiro atoms. The largest absolute Gasteiger partial charge is 0.379 e. The third-order valence-electron chi connectivity index (χ3n) is 3.55. The molecule has 130 valence electrons. The summed E-state index contributed by atoms with van der Waals surface area (Å²) in [6.07, 6.45) is 1.35. The van der Waals surface area contributed by atoms with Crippen LogP contribution in [-0.4, -0.2) is 59.7 Å². The first-order valence-corrected chi connectivity index (χ1v) is 8.84. The van der Waals surface area contributed by atoms with E-state index in [-0.39, 0.29) is 16.3 Å². The lowest BCUT2D eigenvalue weighted by Crippen LogP contribution is -2.40. The van der Waals surface area contributed by atoms with Gasteiger partial charge in [0.1, 0.15) is 16.5 Å². The van der Waals surface area contributed by atoms with Gasteiger partial charge in [0.15, 0.2) is 0 Å². The van der Waals surface area contributed by atoms with Crippen molar-refractivity contribution in [1.29, 1.82) is 5.26 Å². The summed E-state index contributed by atoms with van der Waals surface area (Å²) in [5.74, 6) is 0.114. The number of nitrogens with one attached hydrogen (secondary N) is 2. The molecule has 1 aliphatic rings. The fraction of sp³-hybridized carbons (Fsp3) is 0.286. The molecule has 0 saturated carbocycles. The maximum atomic E-state index is 12.9.